The van der Waals surface area contributed by atoms with Gasteiger partial charge in [-0.2, -0.15) is 0 Å². The van der Waals surface area contributed by atoms with Crippen LogP contribution in [0.4, 0.5) is 11.4 Å². The molecule has 2 N–H and O–H groups in total. The Morgan fingerprint density at radius 1 is 1.00 bits per heavy atom. The summed E-state index contributed by atoms with van der Waals surface area (Å²) in [5.74, 6) is 0.652. The van der Waals surface area contributed by atoms with Crippen LogP contribution in [-0.4, -0.2) is 56.2 Å². The third-order valence-electron chi connectivity index (χ3n) is 4.79. The lowest BCUT2D eigenvalue weighted by Gasteiger charge is -2.26. The molecule has 0 aromatic heterocycles. The third kappa shape index (κ3) is 6.49. The molecule has 0 unspecified atom stereocenters. The summed E-state index contributed by atoms with van der Waals surface area (Å²) in [6, 6.07) is 14.5. The number of nitrogens with zero attached hydrogens (tertiary/aromatic N) is 1. The molecule has 30 heavy (non-hydrogen) atoms. The van der Waals surface area contributed by atoms with E-state index in [-0.39, 0.29) is 18.4 Å². The SMILES string of the molecule is CCCCOc1ccc(NC(=O)CNc2ccc(C(=O)N3CCOCC3)cc2)cc1. The molecule has 0 atom stereocenters. The molecule has 1 heterocycles. The Kier molecular flexibility index (Phi) is 8.09. The van der Waals surface area contributed by atoms with Crippen LogP contribution in [0.3, 0.4) is 0 Å². The van der Waals surface area contributed by atoms with E-state index in [0.717, 1.165) is 30.0 Å². The Morgan fingerprint density at radius 3 is 2.33 bits per heavy atom. The second-order valence-corrected chi connectivity index (χ2v) is 7.11. The smallest absolute Gasteiger partial charge is 0.254 e. The Bertz CT molecular complexity index is 815. The normalized spacial score (nSPS) is 13.6. The van der Waals surface area contributed by atoms with E-state index in [1.165, 1.54) is 0 Å². The summed E-state index contributed by atoms with van der Waals surface area (Å²) in [5.41, 5.74) is 2.13. The van der Waals surface area contributed by atoms with Crippen molar-refractivity contribution in [2.75, 3.05) is 50.1 Å². The molecule has 0 aliphatic carbocycles. The first-order valence-corrected chi connectivity index (χ1v) is 10.4. The van der Waals surface area contributed by atoms with Crippen molar-refractivity contribution in [2.24, 2.45) is 0 Å². The number of carbonyl (C=O) groups excluding carboxylic acids is 2. The van der Waals surface area contributed by atoms with E-state index in [9.17, 15) is 9.59 Å². The molecule has 2 aromatic carbocycles. The number of nitrogens with one attached hydrogen (secondary N) is 2. The van der Waals surface area contributed by atoms with Crippen LogP contribution in [0.1, 0.15) is 30.1 Å². The molecule has 3 rings (SSSR count). The fraction of sp³-hybridized carbons (Fsp3) is 0.391. The van der Waals surface area contributed by atoms with E-state index in [1.807, 2.05) is 36.4 Å². The molecular formula is C23H29N3O4. The van der Waals surface area contributed by atoms with Crippen molar-refractivity contribution in [2.45, 2.75) is 19.8 Å². The number of morpholine rings is 1. The van der Waals surface area contributed by atoms with E-state index < -0.39 is 0 Å². The molecule has 2 amide bonds. The number of unbranched alkanes of at least 4 members (excludes halogenated alkanes) is 1. The largest absolute Gasteiger partial charge is 0.494 e. The first-order chi connectivity index (χ1) is 14.7. The van der Waals surface area contributed by atoms with Crippen LogP contribution in [0.5, 0.6) is 5.75 Å². The Balaban J connectivity index is 1.43. The average Bonchev–Trinajstić information content (AvgIpc) is 2.79. The zero-order chi connectivity index (χ0) is 21.2. The lowest BCUT2D eigenvalue weighted by Crippen LogP contribution is -2.40. The lowest BCUT2D eigenvalue weighted by atomic mass is 10.1. The van der Waals surface area contributed by atoms with Gasteiger partial charge in [-0.05, 0) is 55.0 Å². The molecule has 1 saturated heterocycles. The van der Waals surface area contributed by atoms with E-state index in [0.29, 0.717) is 38.5 Å². The van der Waals surface area contributed by atoms with Gasteiger partial charge in [0.25, 0.3) is 5.91 Å². The fourth-order valence-electron chi connectivity index (χ4n) is 3.04. The van der Waals surface area contributed by atoms with E-state index in [2.05, 4.69) is 17.6 Å². The minimum absolute atomic E-state index is 0.00436. The molecule has 7 heteroatoms. The van der Waals surface area contributed by atoms with E-state index in [4.69, 9.17) is 9.47 Å². The Labute approximate surface area is 177 Å². The number of amides is 2. The second kappa shape index (κ2) is 11.2. The van der Waals surface area contributed by atoms with E-state index >= 15 is 0 Å². The maximum absolute atomic E-state index is 12.5. The lowest BCUT2D eigenvalue weighted by molar-refractivity contribution is -0.114. The Morgan fingerprint density at radius 2 is 1.67 bits per heavy atom. The summed E-state index contributed by atoms with van der Waals surface area (Å²) in [6.07, 6.45) is 2.11. The molecule has 0 bridgehead atoms. The minimum atomic E-state index is -0.150. The van der Waals surface area contributed by atoms with E-state index in [1.54, 1.807) is 17.0 Å². The molecule has 2 aromatic rings. The number of anilines is 2. The van der Waals surface area contributed by atoms with Gasteiger partial charge in [0.1, 0.15) is 5.75 Å². The Hall–Kier alpha value is -3.06. The highest BCUT2D eigenvalue weighted by molar-refractivity contribution is 5.95. The number of rotatable bonds is 9. The highest BCUT2D eigenvalue weighted by Gasteiger charge is 2.18. The number of benzene rings is 2. The van der Waals surface area contributed by atoms with Crippen molar-refractivity contribution in [1.82, 2.24) is 4.90 Å². The van der Waals surface area contributed by atoms with Gasteiger partial charge in [0, 0.05) is 30.0 Å². The van der Waals surface area contributed by atoms with Gasteiger partial charge >= 0.3 is 0 Å². The predicted octanol–water partition coefficient (Wildman–Crippen LogP) is 3.39. The minimum Gasteiger partial charge on any atom is -0.494 e. The summed E-state index contributed by atoms with van der Waals surface area (Å²) >= 11 is 0. The fourth-order valence-corrected chi connectivity index (χ4v) is 3.04. The quantitative estimate of drug-likeness (QED) is 0.619. The molecule has 1 aliphatic rings. The van der Waals surface area contributed by atoms with Crippen LogP contribution in [0.25, 0.3) is 0 Å². The zero-order valence-electron chi connectivity index (χ0n) is 17.4. The highest BCUT2D eigenvalue weighted by Crippen LogP contribution is 2.16. The summed E-state index contributed by atoms with van der Waals surface area (Å²) in [4.78, 5) is 26.4. The van der Waals surface area contributed by atoms with Gasteiger partial charge in [0.05, 0.1) is 26.4 Å². The first-order valence-electron chi connectivity index (χ1n) is 10.4. The number of hydrogen-bond donors (Lipinski definition) is 2. The van der Waals surface area contributed by atoms with Gasteiger partial charge < -0.3 is 25.0 Å². The summed E-state index contributed by atoms with van der Waals surface area (Å²) < 4.78 is 10.9. The monoisotopic (exact) mass is 411 g/mol. The summed E-state index contributed by atoms with van der Waals surface area (Å²) in [7, 11) is 0. The van der Waals surface area contributed by atoms with Gasteiger partial charge in [-0.25, -0.2) is 0 Å². The predicted molar refractivity (Wildman–Crippen MR) is 117 cm³/mol. The second-order valence-electron chi connectivity index (χ2n) is 7.11. The molecule has 1 fully saturated rings. The average molecular weight is 412 g/mol. The van der Waals surface area contributed by atoms with Crippen LogP contribution in [0, 0.1) is 0 Å². The van der Waals surface area contributed by atoms with Gasteiger partial charge in [-0.1, -0.05) is 13.3 Å². The number of carbonyl (C=O) groups is 2. The molecular weight excluding hydrogens is 382 g/mol. The third-order valence-corrected chi connectivity index (χ3v) is 4.79. The van der Waals surface area contributed by atoms with Gasteiger partial charge in [0.2, 0.25) is 5.91 Å². The van der Waals surface area contributed by atoms with Crippen molar-refractivity contribution in [1.29, 1.82) is 0 Å². The van der Waals surface area contributed by atoms with Crippen molar-refractivity contribution < 1.29 is 19.1 Å². The van der Waals surface area contributed by atoms with Crippen LogP contribution < -0.4 is 15.4 Å². The van der Waals surface area contributed by atoms with Crippen molar-refractivity contribution in [3.05, 3.63) is 54.1 Å². The van der Waals surface area contributed by atoms with Crippen LogP contribution in [0.15, 0.2) is 48.5 Å². The maximum Gasteiger partial charge on any atom is 0.254 e. The summed E-state index contributed by atoms with van der Waals surface area (Å²) in [5, 5.41) is 5.92. The van der Waals surface area contributed by atoms with Gasteiger partial charge in [-0.15, -0.1) is 0 Å². The van der Waals surface area contributed by atoms with Crippen molar-refractivity contribution in [3.8, 4) is 5.75 Å². The first kappa shape index (κ1) is 21.6. The van der Waals surface area contributed by atoms with Gasteiger partial charge in [-0.3, -0.25) is 9.59 Å². The highest BCUT2D eigenvalue weighted by atomic mass is 16.5. The van der Waals surface area contributed by atoms with Crippen LogP contribution in [-0.2, 0) is 9.53 Å². The molecule has 160 valence electrons. The summed E-state index contributed by atoms with van der Waals surface area (Å²) in [6.45, 7) is 5.34. The molecule has 7 nitrogen and oxygen atoms in total. The topological polar surface area (TPSA) is 79.9 Å². The van der Waals surface area contributed by atoms with Crippen molar-refractivity contribution >= 4 is 23.2 Å². The molecule has 0 spiro atoms. The molecule has 0 radical (unpaired) electrons. The van der Waals surface area contributed by atoms with Crippen molar-refractivity contribution in [3.63, 3.8) is 0 Å². The standard InChI is InChI=1S/C23H29N3O4/c1-2-3-14-30-21-10-8-20(9-11-21)25-22(27)17-24-19-6-4-18(5-7-19)23(28)26-12-15-29-16-13-26/h4-11,24H,2-3,12-17H2,1H3,(H,25,27). The molecule has 0 saturated carbocycles. The maximum atomic E-state index is 12.5. The van der Waals surface area contributed by atoms with Gasteiger partial charge in [0.15, 0.2) is 0 Å². The number of ether oxygens (including phenoxy) is 2. The van der Waals surface area contributed by atoms with Crippen LogP contribution in [0.2, 0.25) is 0 Å². The molecule has 1 aliphatic heterocycles. The zero-order valence-corrected chi connectivity index (χ0v) is 17.4. The van der Waals surface area contributed by atoms with Crippen LogP contribution >= 0.6 is 0 Å². The number of hydrogen-bond acceptors (Lipinski definition) is 5.